The van der Waals surface area contributed by atoms with Gasteiger partial charge in [0.2, 0.25) is 0 Å². The molecule has 0 bridgehead atoms. The van der Waals surface area contributed by atoms with Crippen LogP contribution in [0.5, 0.6) is 0 Å². The summed E-state index contributed by atoms with van der Waals surface area (Å²) in [6, 6.07) is 12.3. The second kappa shape index (κ2) is 22.0. The Labute approximate surface area is 292 Å². The van der Waals surface area contributed by atoms with E-state index in [-0.39, 0.29) is 0 Å². The molecule has 0 spiro atoms. The lowest BCUT2D eigenvalue weighted by atomic mass is 10.1. The molecule has 0 atom stereocenters. The number of nitrogen functional groups attached to an aromatic ring is 3. The number of piperazine rings is 1. The van der Waals surface area contributed by atoms with Crippen LogP contribution in [0.3, 0.4) is 0 Å². The molecule has 0 unspecified atom stereocenters. The Morgan fingerprint density at radius 3 is 1.40 bits per heavy atom. The Morgan fingerprint density at radius 1 is 0.500 bits per heavy atom. The molecule has 0 radical (unpaired) electrons. The molecule has 270 valence electrons. The number of nitrogens with two attached hydrogens (primary N) is 3. The van der Waals surface area contributed by atoms with Crippen molar-refractivity contribution in [2.75, 3.05) is 127 Å². The molecule has 3 aromatic rings. The molecule has 2 fully saturated rings. The summed E-state index contributed by atoms with van der Waals surface area (Å²) >= 11 is 0. The summed E-state index contributed by atoms with van der Waals surface area (Å²) in [5, 5.41) is 9.60. The van der Waals surface area contributed by atoms with Crippen LogP contribution in [-0.4, -0.2) is 94.8 Å². The molecule has 2 heterocycles. The van der Waals surface area contributed by atoms with Gasteiger partial charge in [-0.2, -0.15) is 0 Å². The first kappa shape index (κ1) is 42.3. The monoisotopic (exact) mass is 666 g/mol. The number of nitrogens with zero attached hydrogens (tertiary/aromatic N) is 3. The van der Waals surface area contributed by atoms with E-state index in [1.807, 2.05) is 68.3 Å². The maximum absolute atomic E-state index is 5.89. The van der Waals surface area contributed by atoms with Crippen molar-refractivity contribution < 1.29 is 4.74 Å². The van der Waals surface area contributed by atoms with Gasteiger partial charge in [0.1, 0.15) is 0 Å². The maximum atomic E-state index is 5.89. The third kappa shape index (κ3) is 14.6. The van der Waals surface area contributed by atoms with Crippen LogP contribution in [0.4, 0.5) is 34.1 Å². The van der Waals surface area contributed by atoms with E-state index in [1.54, 1.807) is 0 Å². The van der Waals surface area contributed by atoms with Crippen LogP contribution < -0.4 is 47.9 Å². The summed E-state index contributed by atoms with van der Waals surface area (Å²) in [5.41, 5.74) is 30.9. The number of hydrogen-bond acceptors (Lipinski definition) is 10. The number of morpholine rings is 1. The number of benzene rings is 3. The summed E-state index contributed by atoms with van der Waals surface area (Å²) in [7, 11) is 12.2. The minimum Gasteiger partial charge on any atom is -0.398 e. The predicted octanol–water partition coefficient (Wildman–Crippen LogP) is 4.64. The first-order chi connectivity index (χ1) is 22.6. The topological polar surface area (TPSA) is 133 Å². The highest BCUT2D eigenvalue weighted by molar-refractivity contribution is 5.68. The van der Waals surface area contributed by atoms with Gasteiger partial charge in [-0.25, -0.2) is 0 Å². The second-order valence-electron chi connectivity index (χ2n) is 12.9. The van der Waals surface area contributed by atoms with Gasteiger partial charge in [0.25, 0.3) is 0 Å². The van der Waals surface area contributed by atoms with Crippen molar-refractivity contribution >= 4 is 34.1 Å². The van der Waals surface area contributed by atoms with Crippen molar-refractivity contribution in [1.29, 1.82) is 0 Å². The van der Waals surface area contributed by atoms with Crippen LogP contribution in [0.1, 0.15) is 33.4 Å². The summed E-state index contributed by atoms with van der Waals surface area (Å²) in [5.74, 6) is 0. The summed E-state index contributed by atoms with van der Waals surface area (Å²) < 4.78 is 5.01. The van der Waals surface area contributed by atoms with Crippen LogP contribution in [0.2, 0.25) is 0 Å². The zero-order valence-corrected chi connectivity index (χ0v) is 32.1. The Morgan fingerprint density at radius 2 is 1.00 bits per heavy atom. The molecule has 0 saturated carbocycles. The molecule has 0 aliphatic carbocycles. The maximum Gasteiger partial charge on any atom is 0.0591 e. The number of rotatable bonds is 3. The fourth-order valence-electron chi connectivity index (χ4n) is 5.33. The van der Waals surface area contributed by atoms with Gasteiger partial charge in [0, 0.05) is 116 Å². The van der Waals surface area contributed by atoms with Crippen LogP contribution >= 0.6 is 0 Å². The van der Waals surface area contributed by atoms with E-state index < -0.39 is 0 Å². The quantitative estimate of drug-likeness (QED) is 0.220. The van der Waals surface area contributed by atoms with Crippen LogP contribution in [0.15, 0.2) is 36.4 Å². The number of hydrogen-bond donors (Lipinski definition) is 6. The van der Waals surface area contributed by atoms with Crippen molar-refractivity contribution in [3.8, 4) is 0 Å². The second-order valence-corrected chi connectivity index (χ2v) is 12.9. The average molecular weight is 666 g/mol. The van der Waals surface area contributed by atoms with E-state index in [2.05, 4.69) is 82.6 Å². The molecule has 0 aromatic heterocycles. The largest absolute Gasteiger partial charge is 0.398 e. The van der Waals surface area contributed by atoms with Crippen molar-refractivity contribution in [2.24, 2.45) is 0 Å². The third-order valence-electron chi connectivity index (χ3n) is 8.18. The Balaban J connectivity index is 0.000000309. The van der Waals surface area contributed by atoms with Crippen molar-refractivity contribution in [2.45, 2.75) is 41.5 Å². The fourth-order valence-corrected chi connectivity index (χ4v) is 5.33. The lowest BCUT2D eigenvalue weighted by Crippen LogP contribution is -2.39. The molecule has 48 heavy (non-hydrogen) atoms. The number of aryl methyl sites for hydroxylation is 4. The SMILES string of the molecule is C1CNCCN1.C1COCCN1.Cc1cc(C)c(N(C)C)cc1N.Cc1ccc(N(C)C)c(C)c1N.Cc1ccc(N)c(C)c1N(C)C. The van der Waals surface area contributed by atoms with Crippen LogP contribution in [0.25, 0.3) is 0 Å². The van der Waals surface area contributed by atoms with Gasteiger partial charge in [0.05, 0.1) is 13.2 Å². The predicted molar refractivity (Wildman–Crippen MR) is 213 cm³/mol. The minimum absolute atomic E-state index is 0.865. The molecule has 10 nitrogen and oxygen atoms in total. The first-order valence-corrected chi connectivity index (χ1v) is 16.9. The number of anilines is 6. The van der Waals surface area contributed by atoms with E-state index >= 15 is 0 Å². The first-order valence-electron chi connectivity index (χ1n) is 16.9. The molecule has 2 aliphatic rings. The molecular weight excluding hydrogens is 598 g/mol. The highest BCUT2D eigenvalue weighted by atomic mass is 16.5. The van der Waals surface area contributed by atoms with E-state index in [1.165, 1.54) is 39.3 Å². The Hall–Kier alpha value is -3.70. The highest BCUT2D eigenvalue weighted by Crippen LogP contribution is 2.27. The molecule has 2 saturated heterocycles. The summed E-state index contributed by atoms with van der Waals surface area (Å²) in [4.78, 5) is 6.25. The van der Waals surface area contributed by atoms with Crippen LogP contribution in [0, 0.1) is 41.5 Å². The van der Waals surface area contributed by atoms with Crippen molar-refractivity contribution in [3.05, 3.63) is 69.8 Å². The molecule has 0 amide bonds. The van der Waals surface area contributed by atoms with Gasteiger partial charge < -0.3 is 52.6 Å². The minimum atomic E-state index is 0.865. The lowest BCUT2D eigenvalue weighted by Gasteiger charge is -2.19. The molecule has 10 heteroatoms. The number of ether oxygens (including phenoxy) is 1. The fraction of sp³-hybridized carbons (Fsp3) is 0.526. The highest BCUT2D eigenvalue weighted by Gasteiger charge is 2.07. The average Bonchev–Trinajstić information content (AvgIpc) is 3.06. The van der Waals surface area contributed by atoms with Gasteiger partial charge in [-0.1, -0.05) is 18.2 Å². The summed E-state index contributed by atoms with van der Waals surface area (Å²) in [6.45, 7) is 20.8. The Bertz CT molecular complexity index is 1320. The molecule has 2 aliphatic heterocycles. The van der Waals surface area contributed by atoms with Crippen molar-refractivity contribution in [3.63, 3.8) is 0 Å². The Kier molecular flexibility index (Phi) is 19.4. The third-order valence-corrected chi connectivity index (χ3v) is 8.18. The zero-order chi connectivity index (χ0) is 36.4. The van der Waals surface area contributed by atoms with E-state index in [0.717, 1.165) is 80.7 Å². The smallest absolute Gasteiger partial charge is 0.0591 e. The van der Waals surface area contributed by atoms with Gasteiger partial charge in [-0.15, -0.1) is 0 Å². The molecule has 5 rings (SSSR count). The van der Waals surface area contributed by atoms with E-state index in [9.17, 15) is 0 Å². The van der Waals surface area contributed by atoms with Gasteiger partial charge in [-0.3, -0.25) is 0 Å². The normalized spacial score (nSPS) is 13.5. The van der Waals surface area contributed by atoms with Crippen LogP contribution in [-0.2, 0) is 4.74 Å². The van der Waals surface area contributed by atoms with E-state index in [4.69, 9.17) is 21.9 Å². The van der Waals surface area contributed by atoms with Gasteiger partial charge in [0.15, 0.2) is 0 Å². The standard InChI is InChI=1S/3C10H16N2.C4H10N2.C4H9NO/c1-7-5-8(2)10(12(3)4)6-9(7)11;1-7-5-6-9(12(3)4)8(2)10(7)11;1-7-5-6-9(11)8(2)10(7)12(3)4;1-2-6-4-3-5-1;1-3-6-4-2-5-1/h3*5-6H,11H2,1-4H3;5-6H,1-4H2;5H,1-4H2. The van der Waals surface area contributed by atoms with Crippen molar-refractivity contribution in [1.82, 2.24) is 16.0 Å². The van der Waals surface area contributed by atoms with E-state index in [0.29, 0.717) is 0 Å². The zero-order valence-electron chi connectivity index (χ0n) is 32.1. The molecular formula is C38H67N9O. The molecule has 3 aromatic carbocycles. The van der Waals surface area contributed by atoms with Gasteiger partial charge >= 0.3 is 0 Å². The number of nitrogens with one attached hydrogen (secondary N) is 3. The molecule has 9 N–H and O–H groups in total. The summed E-state index contributed by atoms with van der Waals surface area (Å²) in [6.07, 6.45) is 0. The lowest BCUT2D eigenvalue weighted by molar-refractivity contribution is 0.109. The van der Waals surface area contributed by atoms with Gasteiger partial charge in [-0.05, 0) is 93.1 Å².